The number of piperazine rings is 1. The Balaban J connectivity index is 1.24. The zero-order chi connectivity index (χ0) is 19.6. The van der Waals surface area contributed by atoms with Gasteiger partial charge >= 0.3 is 0 Å². The number of hydrogen-bond acceptors (Lipinski definition) is 5. The number of nitrogens with one attached hydrogen (secondary N) is 1. The molecule has 1 aromatic heterocycles. The van der Waals surface area contributed by atoms with Crippen molar-refractivity contribution in [3.8, 4) is 16.9 Å². The first-order valence-electron chi connectivity index (χ1n) is 9.93. The average Bonchev–Trinajstić information content (AvgIpc) is 3.24. The van der Waals surface area contributed by atoms with Gasteiger partial charge in [-0.25, -0.2) is 4.39 Å². The molecule has 1 N–H and O–H groups in total. The standard InChI is InChI=1S/C23H23FN4O/c24-20-6-4-18(5-7-20)19-12-17(13-25-14-19)15-27-8-10-28(11-9-27)22-3-1-2-21-23(22)29-16-26-21/h1-7,12-14,26H,8-11,15-16H2. The number of para-hydroxylation sites is 1. The number of nitrogens with zero attached hydrogens (tertiary/aromatic N) is 3. The molecule has 1 saturated heterocycles. The summed E-state index contributed by atoms with van der Waals surface area (Å²) < 4.78 is 19.0. The molecule has 2 aromatic carbocycles. The van der Waals surface area contributed by atoms with Crippen LogP contribution in [0.3, 0.4) is 0 Å². The molecule has 0 atom stereocenters. The van der Waals surface area contributed by atoms with E-state index in [9.17, 15) is 4.39 Å². The summed E-state index contributed by atoms with van der Waals surface area (Å²) in [7, 11) is 0. The molecule has 6 heteroatoms. The molecule has 0 spiro atoms. The lowest BCUT2D eigenvalue weighted by molar-refractivity contribution is 0.249. The van der Waals surface area contributed by atoms with Crippen LogP contribution in [0.2, 0.25) is 0 Å². The van der Waals surface area contributed by atoms with Crippen LogP contribution >= 0.6 is 0 Å². The summed E-state index contributed by atoms with van der Waals surface area (Å²) in [6.07, 6.45) is 3.75. The SMILES string of the molecule is Fc1ccc(-c2cncc(CN3CCN(c4cccc5c4OCN5)CC3)c2)cc1. The van der Waals surface area contributed by atoms with Crippen molar-refractivity contribution in [1.82, 2.24) is 9.88 Å². The van der Waals surface area contributed by atoms with Crippen molar-refractivity contribution >= 4 is 11.4 Å². The van der Waals surface area contributed by atoms with E-state index in [0.29, 0.717) is 6.73 Å². The smallest absolute Gasteiger partial charge is 0.168 e. The lowest BCUT2D eigenvalue weighted by atomic mass is 10.1. The first kappa shape index (κ1) is 17.9. The molecule has 2 aliphatic heterocycles. The van der Waals surface area contributed by atoms with Crippen LogP contribution in [0.5, 0.6) is 5.75 Å². The zero-order valence-corrected chi connectivity index (χ0v) is 16.1. The van der Waals surface area contributed by atoms with Crippen molar-refractivity contribution in [2.24, 2.45) is 0 Å². The topological polar surface area (TPSA) is 40.6 Å². The molecule has 148 valence electrons. The highest BCUT2D eigenvalue weighted by molar-refractivity contribution is 5.74. The molecule has 1 fully saturated rings. The third kappa shape index (κ3) is 3.76. The molecule has 0 bridgehead atoms. The quantitative estimate of drug-likeness (QED) is 0.730. The molecule has 29 heavy (non-hydrogen) atoms. The number of anilines is 2. The first-order valence-corrected chi connectivity index (χ1v) is 9.93. The van der Waals surface area contributed by atoms with Crippen LogP contribution < -0.4 is 15.0 Å². The van der Waals surface area contributed by atoms with Gasteiger partial charge in [0.05, 0.1) is 11.4 Å². The third-order valence-electron chi connectivity index (χ3n) is 5.56. The predicted molar refractivity (Wildman–Crippen MR) is 113 cm³/mol. The molecule has 0 saturated carbocycles. The van der Waals surface area contributed by atoms with Crippen molar-refractivity contribution in [3.05, 3.63) is 72.3 Å². The Kier molecular flexibility index (Phi) is 4.77. The van der Waals surface area contributed by atoms with Gasteiger partial charge in [-0.3, -0.25) is 9.88 Å². The molecule has 0 amide bonds. The lowest BCUT2D eigenvalue weighted by Crippen LogP contribution is -2.46. The van der Waals surface area contributed by atoms with Crippen LogP contribution in [0.4, 0.5) is 15.8 Å². The molecule has 2 aliphatic rings. The van der Waals surface area contributed by atoms with E-state index in [1.54, 1.807) is 12.1 Å². The minimum Gasteiger partial charge on any atom is -0.469 e. The summed E-state index contributed by atoms with van der Waals surface area (Å²) in [5.74, 6) is 0.748. The first-order chi connectivity index (χ1) is 14.3. The number of hydrogen-bond donors (Lipinski definition) is 1. The van der Waals surface area contributed by atoms with E-state index in [0.717, 1.165) is 55.3 Å². The highest BCUT2D eigenvalue weighted by Gasteiger charge is 2.23. The maximum Gasteiger partial charge on any atom is 0.168 e. The van der Waals surface area contributed by atoms with Gasteiger partial charge in [-0.05, 0) is 41.5 Å². The second-order valence-electron chi connectivity index (χ2n) is 7.47. The van der Waals surface area contributed by atoms with Gasteiger partial charge in [-0.2, -0.15) is 0 Å². The van der Waals surface area contributed by atoms with Gasteiger partial charge in [0, 0.05) is 50.7 Å². The maximum absolute atomic E-state index is 13.2. The second kappa shape index (κ2) is 7.72. The Labute approximate surface area is 169 Å². The summed E-state index contributed by atoms with van der Waals surface area (Å²) in [6.45, 7) is 5.30. The summed E-state index contributed by atoms with van der Waals surface area (Å²) in [6, 6.07) is 15.0. The normalized spacial score (nSPS) is 16.2. The van der Waals surface area contributed by atoms with Crippen LogP contribution in [0.1, 0.15) is 5.56 Å². The van der Waals surface area contributed by atoms with Crippen molar-refractivity contribution < 1.29 is 9.13 Å². The Hall–Kier alpha value is -3.12. The largest absolute Gasteiger partial charge is 0.469 e. The Morgan fingerprint density at radius 2 is 1.79 bits per heavy atom. The van der Waals surface area contributed by atoms with Gasteiger partial charge in [0.1, 0.15) is 5.82 Å². The fourth-order valence-corrected chi connectivity index (χ4v) is 4.03. The molecule has 3 heterocycles. The van der Waals surface area contributed by atoms with Gasteiger partial charge in [0.15, 0.2) is 12.5 Å². The third-order valence-corrected chi connectivity index (χ3v) is 5.56. The summed E-state index contributed by atoms with van der Waals surface area (Å²) in [4.78, 5) is 9.24. The Bertz CT molecular complexity index is 1000. The number of benzene rings is 2. The van der Waals surface area contributed by atoms with E-state index in [1.807, 2.05) is 12.4 Å². The van der Waals surface area contributed by atoms with Crippen LogP contribution in [-0.4, -0.2) is 42.8 Å². The van der Waals surface area contributed by atoms with Crippen molar-refractivity contribution in [1.29, 1.82) is 0 Å². The zero-order valence-electron chi connectivity index (χ0n) is 16.1. The van der Waals surface area contributed by atoms with Crippen LogP contribution in [0.15, 0.2) is 60.9 Å². The number of halogens is 1. The Morgan fingerprint density at radius 1 is 0.966 bits per heavy atom. The van der Waals surface area contributed by atoms with Gasteiger partial charge in [-0.15, -0.1) is 0 Å². The summed E-state index contributed by atoms with van der Waals surface area (Å²) in [5, 5.41) is 3.26. The monoisotopic (exact) mass is 390 g/mol. The number of fused-ring (bicyclic) bond motifs is 1. The minimum atomic E-state index is -0.221. The van der Waals surface area contributed by atoms with E-state index in [4.69, 9.17) is 4.74 Å². The Morgan fingerprint density at radius 3 is 2.62 bits per heavy atom. The molecule has 0 aliphatic carbocycles. The summed E-state index contributed by atoms with van der Waals surface area (Å²) in [5.41, 5.74) is 5.43. The number of pyridine rings is 1. The molecular formula is C23H23FN4O. The van der Waals surface area contributed by atoms with E-state index in [-0.39, 0.29) is 5.82 Å². The highest BCUT2D eigenvalue weighted by atomic mass is 19.1. The van der Waals surface area contributed by atoms with Gasteiger partial charge in [0.25, 0.3) is 0 Å². The lowest BCUT2D eigenvalue weighted by Gasteiger charge is -2.36. The minimum absolute atomic E-state index is 0.221. The second-order valence-corrected chi connectivity index (χ2v) is 7.47. The molecule has 3 aromatic rings. The highest BCUT2D eigenvalue weighted by Crippen LogP contribution is 2.39. The van der Waals surface area contributed by atoms with Crippen molar-refractivity contribution in [3.63, 3.8) is 0 Å². The molecule has 0 radical (unpaired) electrons. The van der Waals surface area contributed by atoms with Crippen LogP contribution in [0, 0.1) is 5.82 Å². The fraction of sp³-hybridized carbons (Fsp3) is 0.261. The van der Waals surface area contributed by atoms with Crippen molar-refractivity contribution in [2.75, 3.05) is 43.1 Å². The summed E-state index contributed by atoms with van der Waals surface area (Å²) >= 11 is 0. The maximum atomic E-state index is 13.2. The molecule has 0 unspecified atom stereocenters. The predicted octanol–water partition coefficient (Wildman–Crippen LogP) is 3.97. The van der Waals surface area contributed by atoms with Gasteiger partial charge in [0.2, 0.25) is 0 Å². The van der Waals surface area contributed by atoms with E-state index in [1.165, 1.54) is 23.4 Å². The molecule has 5 rings (SSSR count). The molecular weight excluding hydrogens is 367 g/mol. The van der Waals surface area contributed by atoms with E-state index < -0.39 is 0 Å². The average molecular weight is 390 g/mol. The van der Waals surface area contributed by atoms with Crippen LogP contribution in [0.25, 0.3) is 11.1 Å². The van der Waals surface area contributed by atoms with Crippen LogP contribution in [-0.2, 0) is 6.54 Å². The van der Waals surface area contributed by atoms with E-state index >= 15 is 0 Å². The van der Waals surface area contributed by atoms with E-state index in [2.05, 4.69) is 44.4 Å². The van der Waals surface area contributed by atoms with Crippen molar-refractivity contribution in [2.45, 2.75) is 6.54 Å². The van der Waals surface area contributed by atoms with Gasteiger partial charge in [-0.1, -0.05) is 18.2 Å². The number of rotatable bonds is 4. The van der Waals surface area contributed by atoms with Gasteiger partial charge < -0.3 is 15.0 Å². The molecule has 5 nitrogen and oxygen atoms in total. The fourth-order valence-electron chi connectivity index (χ4n) is 4.03. The number of ether oxygens (including phenoxy) is 1. The number of aromatic nitrogens is 1.